The Morgan fingerprint density at radius 2 is 1.95 bits per heavy atom. The summed E-state index contributed by atoms with van der Waals surface area (Å²) in [6, 6.07) is 7.19. The number of aromatic nitrogens is 2. The number of nitrogens with zero attached hydrogens (tertiary/aromatic N) is 4. The van der Waals surface area contributed by atoms with Crippen LogP contribution in [-0.2, 0) is 7.05 Å². The molecule has 0 fully saturated rings. The zero-order valence-electron chi connectivity index (χ0n) is 10.9. The smallest absolute Gasteiger partial charge is 0.269 e. The first-order valence-corrected chi connectivity index (χ1v) is 5.85. The second kappa shape index (κ2) is 4.55. The Labute approximate surface area is 110 Å². The van der Waals surface area contributed by atoms with E-state index < -0.39 is 0 Å². The Morgan fingerprint density at radius 1 is 1.26 bits per heavy atom. The Kier molecular flexibility index (Phi) is 3.06. The van der Waals surface area contributed by atoms with Gasteiger partial charge < -0.3 is 4.57 Å². The Morgan fingerprint density at radius 3 is 2.47 bits per heavy atom. The fraction of sp³-hybridized carbons (Fsp3) is 0.286. The summed E-state index contributed by atoms with van der Waals surface area (Å²) in [6.45, 7) is 3.80. The molecule has 0 aliphatic rings. The van der Waals surface area contributed by atoms with Crippen molar-refractivity contribution >= 4 is 11.0 Å². The lowest BCUT2D eigenvalue weighted by molar-refractivity contribution is 0.833. The van der Waals surface area contributed by atoms with Crippen LogP contribution in [0.25, 0.3) is 11.0 Å². The molecule has 2 aromatic rings. The van der Waals surface area contributed by atoms with Gasteiger partial charge in [0.2, 0.25) is 0 Å². The highest BCUT2D eigenvalue weighted by molar-refractivity contribution is 5.81. The molecule has 0 atom stereocenters. The molecular weight excluding hydrogens is 240 g/mol. The second-order valence-corrected chi connectivity index (χ2v) is 4.60. The summed E-state index contributed by atoms with van der Waals surface area (Å²) >= 11 is 0. The molecule has 0 amide bonds. The van der Waals surface area contributed by atoms with E-state index in [9.17, 15) is 10.1 Å². The Bertz CT molecular complexity index is 803. The molecule has 0 aliphatic heterocycles. The van der Waals surface area contributed by atoms with Gasteiger partial charge in [0.25, 0.3) is 5.56 Å². The molecule has 0 aliphatic carbocycles. The van der Waals surface area contributed by atoms with Gasteiger partial charge >= 0.3 is 0 Å². The van der Waals surface area contributed by atoms with Crippen molar-refractivity contribution in [1.29, 1.82) is 10.5 Å². The maximum absolute atomic E-state index is 12.1. The van der Waals surface area contributed by atoms with Crippen molar-refractivity contribution in [1.82, 2.24) is 9.55 Å². The van der Waals surface area contributed by atoms with Crippen LogP contribution in [0.5, 0.6) is 0 Å². The monoisotopic (exact) mass is 252 g/mol. The van der Waals surface area contributed by atoms with Gasteiger partial charge in [-0.2, -0.15) is 10.5 Å². The quantitative estimate of drug-likeness (QED) is 0.774. The summed E-state index contributed by atoms with van der Waals surface area (Å²) in [6.07, 6.45) is 0. The van der Waals surface area contributed by atoms with Gasteiger partial charge in [-0.3, -0.25) is 4.79 Å². The predicted octanol–water partition coefficient (Wildman–Crippen LogP) is 1.80. The molecular formula is C14H12N4O. The van der Waals surface area contributed by atoms with Gasteiger partial charge in [0.1, 0.15) is 23.4 Å². The van der Waals surface area contributed by atoms with Gasteiger partial charge in [-0.15, -0.1) is 0 Å². The number of pyridine rings is 2. The van der Waals surface area contributed by atoms with Crippen molar-refractivity contribution in [2.75, 3.05) is 0 Å². The molecule has 0 spiro atoms. The second-order valence-electron chi connectivity index (χ2n) is 4.60. The van der Waals surface area contributed by atoms with Crippen molar-refractivity contribution in [3.63, 3.8) is 0 Å². The summed E-state index contributed by atoms with van der Waals surface area (Å²) < 4.78 is 1.40. The van der Waals surface area contributed by atoms with E-state index in [0.29, 0.717) is 16.6 Å². The molecule has 2 rings (SSSR count). The minimum atomic E-state index is -0.329. The topological polar surface area (TPSA) is 82.5 Å². The van der Waals surface area contributed by atoms with Crippen LogP contribution in [0.2, 0.25) is 0 Å². The highest BCUT2D eigenvalue weighted by Gasteiger charge is 2.18. The molecule has 0 N–H and O–H groups in total. The normalized spacial score (nSPS) is 10.4. The molecule has 0 bridgehead atoms. The van der Waals surface area contributed by atoms with Crippen LogP contribution in [0.1, 0.15) is 36.6 Å². The van der Waals surface area contributed by atoms with Gasteiger partial charge in [-0.1, -0.05) is 13.8 Å². The van der Waals surface area contributed by atoms with Crippen LogP contribution < -0.4 is 5.56 Å². The van der Waals surface area contributed by atoms with Crippen molar-refractivity contribution in [2.24, 2.45) is 7.05 Å². The molecule has 0 radical (unpaired) electrons. The highest BCUT2D eigenvalue weighted by Crippen LogP contribution is 2.25. The van der Waals surface area contributed by atoms with Crippen molar-refractivity contribution < 1.29 is 0 Å². The molecule has 0 aromatic carbocycles. The molecule has 5 nitrogen and oxygen atoms in total. The lowest BCUT2D eigenvalue weighted by Crippen LogP contribution is -2.23. The van der Waals surface area contributed by atoms with E-state index in [2.05, 4.69) is 4.98 Å². The maximum atomic E-state index is 12.1. The standard InChI is InChI=1S/C14H12N4O/c1-8(2)12-10(7-16)14(19)18(3)11-5-4-9(6-15)17-13(11)12/h4-5,8H,1-3H3. The molecule has 2 heterocycles. The first-order chi connectivity index (χ1) is 9.01. The highest BCUT2D eigenvalue weighted by atomic mass is 16.1. The third-order valence-corrected chi connectivity index (χ3v) is 3.08. The van der Waals surface area contributed by atoms with Gasteiger partial charge in [-0.25, -0.2) is 4.98 Å². The van der Waals surface area contributed by atoms with Crippen molar-refractivity contribution in [3.8, 4) is 12.1 Å². The minimum Gasteiger partial charge on any atom is -0.309 e. The van der Waals surface area contributed by atoms with Gasteiger partial charge in [-0.05, 0) is 18.1 Å². The fourth-order valence-electron chi connectivity index (χ4n) is 2.16. The number of hydrogen-bond acceptors (Lipinski definition) is 4. The average molecular weight is 252 g/mol. The molecule has 0 saturated carbocycles. The molecule has 19 heavy (non-hydrogen) atoms. The van der Waals surface area contributed by atoms with E-state index in [-0.39, 0.29) is 22.7 Å². The van der Waals surface area contributed by atoms with E-state index >= 15 is 0 Å². The molecule has 0 saturated heterocycles. The van der Waals surface area contributed by atoms with Crippen LogP contribution in [0.15, 0.2) is 16.9 Å². The summed E-state index contributed by atoms with van der Waals surface area (Å²) in [7, 11) is 1.60. The van der Waals surface area contributed by atoms with Crippen molar-refractivity contribution in [2.45, 2.75) is 19.8 Å². The molecule has 94 valence electrons. The van der Waals surface area contributed by atoms with Crippen LogP contribution in [0, 0.1) is 22.7 Å². The number of nitriles is 2. The van der Waals surface area contributed by atoms with Crippen LogP contribution >= 0.6 is 0 Å². The van der Waals surface area contributed by atoms with Gasteiger partial charge in [0.15, 0.2) is 0 Å². The van der Waals surface area contributed by atoms with E-state index in [1.165, 1.54) is 4.57 Å². The maximum Gasteiger partial charge on any atom is 0.269 e. The fourth-order valence-corrected chi connectivity index (χ4v) is 2.16. The average Bonchev–Trinajstić information content (AvgIpc) is 2.41. The first kappa shape index (κ1) is 12.8. The number of rotatable bonds is 1. The largest absolute Gasteiger partial charge is 0.309 e. The van der Waals surface area contributed by atoms with E-state index in [0.717, 1.165) is 0 Å². The van der Waals surface area contributed by atoms with Crippen LogP contribution in [0.3, 0.4) is 0 Å². The van der Waals surface area contributed by atoms with Crippen LogP contribution in [-0.4, -0.2) is 9.55 Å². The van der Waals surface area contributed by atoms with E-state index in [1.807, 2.05) is 26.0 Å². The molecule has 2 aromatic heterocycles. The van der Waals surface area contributed by atoms with Crippen LogP contribution in [0.4, 0.5) is 0 Å². The first-order valence-electron chi connectivity index (χ1n) is 5.85. The summed E-state index contributed by atoms with van der Waals surface area (Å²) in [5.41, 5.74) is 1.84. The Balaban J connectivity index is 3.10. The van der Waals surface area contributed by atoms with Crippen molar-refractivity contribution in [3.05, 3.63) is 39.3 Å². The Hall–Kier alpha value is -2.66. The lowest BCUT2D eigenvalue weighted by Gasteiger charge is -2.13. The third kappa shape index (κ3) is 1.86. The predicted molar refractivity (Wildman–Crippen MR) is 70.5 cm³/mol. The SMILES string of the molecule is CC(C)c1c(C#N)c(=O)n(C)c2ccc(C#N)nc12. The summed E-state index contributed by atoms with van der Waals surface area (Å²) in [5, 5.41) is 18.1. The lowest BCUT2D eigenvalue weighted by atomic mass is 9.97. The number of aryl methyl sites for hydroxylation is 1. The van der Waals surface area contributed by atoms with Gasteiger partial charge in [0.05, 0.1) is 11.0 Å². The molecule has 5 heteroatoms. The minimum absolute atomic E-state index is 0.0208. The van der Waals surface area contributed by atoms with E-state index in [1.54, 1.807) is 19.2 Å². The number of hydrogen-bond donors (Lipinski definition) is 0. The number of fused-ring (bicyclic) bond motifs is 1. The third-order valence-electron chi connectivity index (χ3n) is 3.08. The zero-order chi connectivity index (χ0) is 14.2. The molecule has 0 unspecified atom stereocenters. The van der Waals surface area contributed by atoms with Gasteiger partial charge in [0, 0.05) is 12.6 Å². The summed E-state index contributed by atoms with van der Waals surface area (Å²) in [4.78, 5) is 16.4. The summed E-state index contributed by atoms with van der Waals surface area (Å²) in [5.74, 6) is -0.0208. The van der Waals surface area contributed by atoms with E-state index in [4.69, 9.17) is 5.26 Å². The zero-order valence-corrected chi connectivity index (χ0v) is 10.9.